The highest BCUT2D eigenvalue weighted by molar-refractivity contribution is 7.80. The van der Waals surface area contributed by atoms with Crippen molar-refractivity contribution < 1.29 is 14.6 Å². The number of aryl methyl sites for hydroxylation is 1. The van der Waals surface area contributed by atoms with E-state index in [1.807, 2.05) is 59.7 Å². The van der Waals surface area contributed by atoms with Crippen LogP contribution in [0.25, 0.3) is 5.69 Å². The van der Waals surface area contributed by atoms with Crippen LogP contribution in [0.3, 0.4) is 0 Å². The van der Waals surface area contributed by atoms with E-state index in [1.54, 1.807) is 38.4 Å². The summed E-state index contributed by atoms with van der Waals surface area (Å²) in [7, 11) is 1.57. The molecule has 0 spiro atoms. The summed E-state index contributed by atoms with van der Waals surface area (Å²) in [4.78, 5) is 18.8. The van der Waals surface area contributed by atoms with Gasteiger partial charge < -0.3 is 29.9 Å². The van der Waals surface area contributed by atoms with Crippen molar-refractivity contribution in [3.05, 3.63) is 94.5 Å². The normalized spacial score (nSPS) is 16.6. The number of hydrogen-bond acceptors (Lipinski definition) is 5. The fourth-order valence-electron chi connectivity index (χ4n) is 5.25. The molecule has 0 radical (unpaired) electrons. The van der Waals surface area contributed by atoms with Crippen molar-refractivity contribution in [3.8, 4) is 17.2 Å². The van der Waals surface area contributed by atoms with E-state index in [1.165, 1.54) is 0 Å². The van der Waals surface area contributed by atoms with Gasteiger partial charge >= 0.3 is 0 Å². The second-order valence-electron chi connectivity index (χ2n) is 9.58. The Morgan fingerprint density at radius 3 is 2.67 bits per heavy atom. The number of carbonyl (C=O) groups is 1. The number of aromatic nitrogens is 2. The Kier molecular flexibility index (Phi) is 7.69. The summed E-state index contributed by atoms with van der Waals surface area (Å²) < 4.78 is 7.64. The molecule has 10 heteroatoms. The number of thiocarbonyl (C=S) groups is 1. The molecule has 2 aromatic heterocycles. The Morgan fingerprint density at radius 1 is 1.18 bits per heavy atom. The lowest BCUT2D eigenvalue weighted by Crippen LogP contribution is -2.29. The molecule has 1 amide bonds. The van der Waals surface area contributed by atoms with Crippen molar-refractivity contribution in [2.24, 2.45) is 0 Å². The Hall–Kier alpha value is -4.08. The summed E-state index contributed by atoms with van der Waals surface area (Å²) >= 11 is 12.2. The van der Waals surface area contributed by atoms with Crippen molar-refractivity contribution in [2.45, 2.75) is 39.3 Å². The van der Waals surface area contributed by atoms with Crippen molar-refractivity contribution in [2.75, 3.05) is 17.3 Å². The first kappa shape index (κ1) is 27.5. The van der Waals surface area contributed by atoms with E-state index in [-0.39, 0.29) is 23.7 Å². The monoisotopic (exact) mass is 575 g/mol. The third-order valence-corrected chi connectivity index (χ3v) is 7.67. The lowest BCUT2D eigenvalue weighted by Gasteiger charge is -2.29. The average Bonchev–Trinajstić information content (AvgIpc) is 3.45. The van der Waals surface area contributed by atoms with E-state index in [2.05, 4.69) is 21.7 Å². The maximum atomic E-state index is 12.1. The first-order valence-electron chi connectivity index (χ1n) is 12.9. The molecule has 1 saturated heterocycles. The highest BCUT2D eigenvalue weighted by Crippen LogP contribution is 2.45. The summed E-state index contributed by atoms with van der Waals surface area (Å²) in [6.45, 7) is 5.81. The molecule has 1 aliphatic rings. The van der Waals surface area contributed by atoms with E-state index in [0.717, 1.165) is 28.3 Å². The van der Waals surface area contributed by atoms with Gasteiger partial charge in [0.05, 0.1) is 36.3 Å². The number of ether oxygens (including phenoxy) is 1. The van der Waals surface area contributed by atoms with Crippen molar-refractivity contribution in [1.29, 1.82) is 0 Å². The number of hydrogen-bond donors (Lipinski definition) is 3. The van der Waals surface area contributed by atoms with Crippen molar-refractivity contribution in [1.82, 2.24) is 14.9 Å². The fourth-order valence-corrected chi connectivity index (χ4v) is 5.77. The predicted octanol–water partition coefficient (Wildman–Crippen LogP) is 6.38. The summed E-state index contributed by atoms with van der Waals surface area (Å²) in [5.41, 5.74) is 5.68. The smallest absolute Gasteiger partial charge is 0.224 e. The molecule has 8 nitrogen and oxygen atoms in total. The highest BCUT2D eigenvalue weighted by Gasteiger charge is 2.42. The Morgan fingerprint density at radius 2 is 1.98 bits per heavy atom. The zero-order valence-corrected chi connectivity index (χ0v) is 24.2. The Labute approximate surface area is 243 Å². The maximum absolute atomic E-state index is 12.1. The number of halogens is 1. The van der Waals surface area contributed by atoms with E-state index < -0.39 is 0 Å². The molecule has 0 aliphatic carbocycles. The maximum Gasteiger partial charge on any atom is 0.224 e. The van der Waals surface area contributed by atoms with Gasteiger partial charge in [-0.05, 0) is 80.2 Å². The first-order chi connectivity index (χ1) is 19.2. The van der Waals surface area contributed by atoms with Crippen LogP contribution in [0.5, 0.6) is 11.5 Å². The molecule has 0 unspecified atom stereocenters. The van der Waals surface area contributed by atoms with Crippen LogP contribution in [-0.2, 0) is 4.79 Å². The topological polar surface area (TPSA) is 91.7 Å². The molecule has 0 bridgehead atoms. The number of phenolic OH excluding ortho intramolecular Hbond substituents is 1. The van der Waals surface area contributed by atoms with Gasteiger partial charge in [-0.3, -0.25) is 9.78 Å². The van der Waals surface area contributed by atoms with Crippen LogP contribution in [0, 0.1) is 13.8 Å². The predicted molar refractivity (Wildman–Crippen MR) is 162 cm³/mol. The largest absolute Gasteiger partial charge is 0.506 e. The van der Waals surface area contributed by atoms with Gasteiger partial charge in [0.2, 0.25) is 5.91 Å². The molecule has 1 fully saturated rings. The molecule has 3 heterocycles. The molecule has 206 valence electrons. The second kappa shape index (κ2) is 11.2. The van der Waals surface area contributed by atoms with Crippen LogP contribution in [0.15, 0.2) is 66.9 Å². The van der Waals surface area contributed by atoms with Gasteiger partial charge in [-0.15, -0.1) is 0 Å². The third kappa shape index (κ3) is 4.98. The average molecular weight is 576 g/mol. The lowest BCUT2D eigenvalue weighted by molar-refractivity contribution is -0.115. The number of methoxy groups -OCH3 is 1. The van der Waals surface area contributed by atoms with Crippen molar-refractivity contribution >= 4 is 46.2 Å². The van der Waals surface area contributed by atoms with Crippen LogP contribution in [0.1, 0.15) is 48.1 Å². The number of phenols is 1. The number of carbonyl (C=O) groups excluding carboxylic acids is 1. The minimum Gasteiger partial charge on any atom is -0.506 e. The number of rotatable bonds is 7. The molecule has 40 heavy (non-hydrogen) atoms. The minimum absolute atomic E-state index is 0.103. The molecule has 2 atom stereocenters. The van der Waals surface area contributed by atoms with Gasteiger partial charge in [0.15, 0.2) is 5.11 Å². The Bertz CT molecular complexity index is 1590. The second-order valence-corrected chi connectivity index (χ2v) is 10.4. The van der Waals surface area contributed by atoms with Crippen LogP contribution >= 0.6 is 23.8 Å². The number of nitrogens with one attached hydrogen (secondary N) is 2. The van der Waals surface area contributed by atoms with Crippen LogP contribution in [0.4, 0.5) is 11.4 Å². The van der Waals surface area contributed by atoms with Gasteiger partial charge in [-0.2, -0.15) is 0 Å². The number of anilines is 2. The van der Waals surface area contributed by atoms with Gasteiger partial charge in [0.25, 0.3) is 0 Å². The van der Waals surface area contributed by atoms with Gasteiger partial charge in [-0.1, -0.05) is 24.6 Å². The van der Waals surface area contributed by atoms with Crippen LogP contribution in [-0.4, -0.2) is 32.8 Å². The molecule has 2 aromatic carbocycles. The van der Waals surface area contributed by atoms with Gasteiger partial charge in [-0.25, -0.2) is 0 Å². The quantitative estimate of drug-likeness (QED) is 0.220. The standard InChI is InChI=1S/C30H30ClN5O3S/c1-5-27(38)33-22-11-10-20(16-26(22)39-4)36-29(28(34-30(36)40)23-8-6-7-13-32-23)21-14-17(2)35(18(21)3)24-15-19(31)9-12-25(24)37/h6-16,28-29,37H,5H2,1-4H3,(H,33,38)(H,34,40)/t28-,29-/m0/s1. The first-order valence-corrected chi connectivity index (χ1v) is 13.7. The Balaban J connectivity index is 1.66. The number of aromatic hydroxyl groups is 1. The molecule has 5 rings (SSSR count). The van der Waals surface area contributed by atoms with E-state index in [4.69, 9.17) is 28.6 Å². The fraction of sp³-hybridized carbons (Fsp3) is 0.233. The molecule has 1 aliphatic heterocycles. The molecule has 3 N–H and O–H groups in total. The zero-order valence-electron chi connectivity index (χ0n) is 22.6. The minimum atomic E-state index is -0.288. The zero-order chi connectivity index (χ0) is 28.6. The summed E-state index contributed by atoms with van der Waals surface area (Å²) in [5.74, 6) is 0.552. The lowest BCUT2D eigenvalue weighted by atomic mass is 9.96. The third-order valence-electron chi connectivity index (χ3n) is 7.12. The molecule has 0 saturated carbocycles. The summed E-state index contributed by atoms with van der Waals surface area (Å²) in [6, 6.07) is 18.0. The summed E-state index contributed by atoms with van der Waals surface area (Å²) in [5, 5.41) is 18.1. The number of pyridine rings is 1. The van der Waals surface area contributed by atoms with Gasteiger partial charge in [0.1, 0.15) is 11.5 Å². The molecular formula is C30H30ClN5O3S. The van der Waals surface area contributed by atoms with Crippen LogP contribution < -0.4 is 20.3 Å². The SMILES string of the molecule is CCC(=O)Nc1ccc(N2C(=S)N[C@@H](c3ccccn3)[C@@H]2c2cc(C)n(-c3cc(Cl)ccc3O)c2C)cc1OC. The van der Waals surface area contributed by atoms with E-state index in [0.29, 0.717) is 33.7 Å². The van der Waals surface area contributed by atoms with Crippen LogP contribution in [0.2, 0.25) is 5.02 Å². The van der Waals surface area contributed by atoms with E-state index in [9.17, 15) is 9.90 Å². The van der Waals surface area contributed by atoms with Gasteiger partial charge in [0, 0.05) is 40.8 Å². The number of amides is 1. The molecule has 4 aromatic rings. The summed E-state index contributed by atoms with van der Waals surface area (Å²) in [6.07, 6.45) is 2.12. The molecular weight excluding hydrogens is 546 g/mol. The number of benzene rings is 2. The number of nitrogens with zero attached hydrogens (tertiary/aromatic N) is 3. The highest BCUT2D eigenvalue weighted by atomic mass is 35.5. The van der Waals surface area contributed by atoms with E-state index >= 15 is 0 Å². The van der Waals surface area contributed by atoms with Crippen molar-refractivity contribution in [3.63, 3.8) is 0 Å².